The lowest BCUT2D eigenvalue weighted by molar-refractivity contribution is -0.115. The molecule has 128 valence electrons. The molecule has 1 heterocycles. The average Bonchev–Trinajstić information content (AvgIpc) is 2.87. The van der Waals surface area contributed by atoms with Gasteiger partial charge < -0.3 is 15.2 Å². The number of phenolic OH excluding ortho intramolecular Hbond substituents is 1. The predicted octanol–water partition coefficient (Wildman–Crippen LogP) is 3.91. The van der Waals surface area contributed by atoms with E-state index in [2.05, 4.69) is 16.4 Å². The highest BCUT2D eigenvalue weighted by molar-refractivity contribution is 8.18. The molecular formula is C19H18N2O3S. The summed E-state index contributed by atoms with van der Waals surface area (Å²) in [5.41, 5.74) is 3.83. The van der Waals surface area contributed by atoms with E-state index in [9.17, 15) is 9.90 Å². The Balaban J connectivity index is 1.86. The average molecular weight is 354 g/mol. The Bertz CT molecular complexity index is 883. The van der Waals surface area contributed by atoms with Crippen LogP contribution in [0.5, 0.6) is 11.5 Å². The van der Waals surface area contributed by atoms with Gasteiger partial charge in [-0.2, -0.15) is 0 Å². The third-order valence-corrected chi connectivity index (χ3v) is 4.50. The number of benzene rings is 2. The normalized spacial score (nSPS) is 17.2. The SMILES string of the molecule is COc1cc(C=C2SC(=Nc3cc(C)cc(C)c3)NC2=O)ccc1O. The second-order valence-electron chi connectivity index (χ2n) is 5.76. The molecule has 2 aromatic rings. The molecule has 2 N–H and O–H groups in total. The van der Waals surface area contributed by atoms with E-state index in [1.54, 1.807) is 18.2 Å². The zero-order chi connectivity index (χ0) is 18.0. The number of carbonyl (C=O) groups excluding carboxylic acids is 1. The Kier molecular flexibility index (Phi) is 4.81. The summed E-state index contributed by atoms with van der Waals surface area (Å²) in [7, 11) is 1.48. The molecule has 5 nitrogen and oxygen atoms in total. The van der Waals surface area contributed by atoms with Crippen LogP contribution in [0.1, 0.15) is 16.7 Å². The van der Waals surface area contributed by atoms with Crippen molar-refractivity contribution in [3.05, 3.63) is 58.0 Å². The van der Waals surface area contributed by atoms with Crippen molar-refractivity contribution < 1.29 is 14.6 Å². The van der Waals surface area contributed by atoms with Crippen LogP contribution in [0.3, 0.4) is 0 Å². The van der Waals surface area contributed by atoms with Crippen molar-refractivity contribution in [3.63, 3.8) is 0 Å². The van der Waals surface area contributed by atoms with Crippen LogP contribution in [0, 0.1) is 13.8 Å². The van der Waals surface area contributed by atoms with Crippen LogP contribution < -0.4 is 10.1 Å². The Morgan fingerprint density at radius 2 is 1.88 bits per heavy atom. The second kappa shape index (κ2) is 7.03. The van der Waals surface area contributed by atoms with Crippen molar-refractivity contribution in [2.75, 3.05) is 7.11 Å². The van der Waals surface area contributed by atoms with Gasteiger partial charge in [0.2, 0.25) is 0 Å². The molecule has 0 radical (unpaired) electrons. The number of nitrogens with one attached hydrogen (secondary N) is 1. The first-order chi connectivity index (χ1) is 11.9. The predicted molar refractivity (Wildman–Crippen MR) is 101 cm³/mol. The lowest BCUT2D eigenvalue weighted by atomic mass is 10.1. The van der Waals surface area contributed by atoms with Gasteiger partial charge >= 0.3 is 0 Å². The first-order valence-corrected chi connectivity index (χ1v) is 8.51. The van der Waals surface area contributed by atoms with E-state index in [0.29, 0.717) is 15.8 Å². The second-order valence-corrected chi connectivity index (χ2v) is 6.79. The van der Waals surface area contributed by atoms with Crippen LogP contribution in [0.4, 0.5) is 5.69 Å². The molecule has 1 amide bonds. The topological polar surface area (TPSA) is 70.9 Å². The molecular weight excluding hydrogens is 336 g/mol. The zero-order valence-electron chi connectivity index (χ0n) is 14.2. The minimum absolute atomic E-state index is 0.0604. The number of nitrogens with zero attached hydrogens (tertiary/aromatic N) is 1. The van der Waals surface area contributed by atoms with Crippen LogP contribution in [0.15, 0.2) is 46.3 Å². The van der Waals surface area contributed by atoms with Gasteiger partial charge in [0.1, 0.15) is 0 Å². The molecule has 2 aromatic carbocycles. The van der Waals surface area contributed by atoms with Gasteiger partial charge in [0.25, 0.3) is 5.91 Å². The summed E-state index contributed by atoms with van der Waals surface area (Å²) in [6, 6.07) is 11.0. The Labute approximate surface area is 150 Å². The largest absolute Gasteiger partial charge is 0.504 e. The van der Waals surface area contributed by atoms with E-state index >= 15 is 0 Å². The summed E-state index contributed by atoms with van der Waals surface area (Å²) >= 11 is 1.28. The molecule has 0 aromatic heterocycles. The molecule has 1 aliphatic heterocycles. The van der Waals surface area contributed by atoms with Crippen LogP contribution in [0.25, 0.3) is 6.08 Å². The van der Waals surface area contributed by atoms with Gasteiger partial charge in [-0.25, -0.2) is 4.99 Å². The van der Waals surface area contributed by atoms with Crippen LogP contribution >= 0.6 is 11.8 Å². The summed E-state index contributed by atoms with van der Waals surface area (Å²) in [5.74, 6) is 0.229. The minimum Gasteiger partial charge on any atom is -0.504 e. The molecule has 1 aliphatic rings. The highest BCUT2D eigenvalue weighted by atomic mass is 32.2. The summed E-state index contributed by atoms with van der Waals surface area (Å²) in [4.78, 5) is 17.2. The number of amides is 1. The van der Waals surface area contributed by atoms with Gasteiger partial charge in [-0.15, -0.1) is 0 Å². The Morgan fingerprint density at radius 1 is 1.16 bits per heavy atom. The number of methoxy groups -OCH3 is 1. The van der Waals surface area contributed by atoms with Crippen molar-refractivity contribution in [1.82, 2.24) is 5.32 Å². The standard InChI is InChI=1S/C19H18N2O3S/c1-11-6-12(2)8-14(7-11)20-19-21-18(23)17(25-19)10-13-4-5-15(22)16(9-13)24-3/h4-10,22H,1-3H3,(H,20,21,23). The van der Waals surface area contributed by atoms with E-state index in [4.69, 9.17) is 4.74 Å². The van der Waals surface area contributed by atoms with E-state index in [-0.39, 0.29) is 11.7 Å². The van der Waals surface area contributed by atoms with Crippen LogP contribution in [0.2, 0.25) is 0 Å². The molecule has 1 saturated heterocycles. The van der Waals surface area contributed by atoms with Gasteiger partial charge in [-0.05, 0) is 72.6 Å². The maximum absolute atomic E-state index is 12.2. The molecule has 3 rings (SSSR count). The number of aromatic hydroxyl groups is 1. The fraction of sp³-hybridized carbons (Fsp3) is 0.158. The summed E-state index contributed by atoms with van der Waals surface area (Å²) < 4.78 is 5.09. The Hall–Kier alpha value is -2.73. The minimum atomic E-state index is -0.194. The molecule has 0 aliphatic carbocycles. The molecule has 6 heteroatoms. The van der Waals surface area contributed by atoms with Crippen molar-refractivity contribution in [2.45, 2.75) is 13.8 Å². The quantitative estimate of drug-likeness (QED) is 0.820. The monoisotopic (exact) mass is 354 g/mol. The van der Waals surface area contributed by atoms with Gasteiger partial charge in [-0.1, -0.05) is 12.1 Å². The van der Waals surface area contributed by atoms with Gasteiger partial charge in [0.05, 0.1) is 17.7 Å². The smallest absolute Gasteiger partial charge is 0.264 e. The van der Waals surface area contributed by atoms with Gasteiger partial charge in [0, 0.05) is 0 Å². The number of hydrogen-bond acceptors (Lipinski definition) is 5. The van der Waals surface area contributed by atoms with Gasteiger partial charge in [0.15, 0.2) is 16.7 Å². The molecule has 0 saturated carbocycles. The van der Waals surface area contributed by atoms with E-state index in [1.807, 2.05) is 26.0 Å². The number of carbonyl (C=O) groups is 1. The van der Waals surface area contributed by atoms with E-state index in [1.165, 1.54) is 24.9 Å². The number of amidine groups is 1. The molecule has 0 unspecified atom stereocenters. The molecule has 0 spiro atoms. The highest BCUT2D eigenvalue weighted by Crippen LogP contribution is 2.31. The van der Waals surface area contributed by atoms with E-state index in [0.717, 1.165) is 22.4 Å². The number of thioether (sulfide) groups is 1. The fourth-order valence-electron chi connectivity index (χ4n) is 2.55. The third kappa shape index (κ3) is 4.03. The maximum Gasteiger partial charge on any atom is 0.264 e. The zero-order valence-corrected chi connectivity index (χ0v) is 15.0. The fourth-order valence-corrected chi connectivity index (χ4v) is 3.39. The maximum atomic E-state index is 12.2. The summed E-state index contributed by atoms with van der Waals surface area (Å²) in [6.45, 7) is 4.03. The molecule has 0 bridgehead atoms. The Morgan fingerprint density at radius 3 is 2.56 bits per heavy atom. The number of aliphatic imine (C=N–C) groups is 1. The summed E-state index contributed by atoms with van der Waals surface area (Å²) in [5, 5.41) is 13.0. The third-order valence-electron chi connectivity index (χ3n) is 3.59. The first kappa shape index (κ1) is 17.1. The number of phenols is 1. The summed E-state index contributed by atoms with van der Waals surface area (Å²) in [6.07, 6.45) is 1.74. The number of ether oxygens (including phenoxy) is 1. The number of rotatable bonds is 3. The first-order valence-electron chi connectivity index (χ1n) is 7.69. The lowest BCUT2D eigenvalue weighted by Gasteiger charge is -2.03. The number of aryl methyl sites for hydroxylation is 2. The molecule has 1 fully saturated rings. The van der Waals surface area contributed by atoms with Gasteiger partial charge in [-0.3, -0.25) is 4.79 Å². The van der Waals surface area contributed by atoms with Crippen molar-refractivity contribution in [1.29, 1.82) is 0 Å². The van der Waals surface area contributed by atoms with Crippen molar-refractivity contribution in [2.24, 2.45) is 4.99 Å². The number of hydrogen-bond donors (Lipinski definition) is 2. The van der Waals surface area contributed by atoms with Crippen LogP contribution in [-0.2, 0) is 4.79 Å². The molecule has 0 atom stereocenters. The van der Waals surface area contributed by atoms with Crippen LogP contribution in [-0.4, -0.2) is 23.3 Å². The van der Waals surface area contributed by atoms with E-state index < -0.39 is 0 Å². The lowest BCUT2D eigenvalue weighted by Crippen LogP contribution is -2.19. The van der Waals surface area contributed by atoms with Crippen molar-refractivity contribution >= 4 is 34.6 Å². The van der Waals surface area contributed by atoms with Crippen molar-refractivity contribution in [3.8, 4) is 11.5 Å². The highest BCUT2D eigenvalue weighted by Gasteiger charge is 2.24. The molecule has 25 heavy (non-hydrogen) atoms.